The van der Waals surface area contributed by atoms with Crippen molar-refractivity contribution in [3.8, 4) is 34.5 Å². The van der Waals surface area contributed by atoms with Crippen molar-refractivity contribution in [3.63, 3.8) is 0 Å². The molecule has 0 aliphatic heterocycles. The van der Waals surface area contributed by atoms with Gasteiger partial charge in [-0.15, -0.1) is 0 Å². The van der Waals surface area contributed by atoms with Crippen LogP contribution in [0.15, 0.2) is 24.3 Å². The molecule has 0 fully saturated rings. The van der Waals surface area contributed by atoms with E-state index in [2.05, 4.69) is 65.8 Å². The summed E-state index contributed by atoms with van der Waals surface area (Å²) in [6.45, 7) is 17.1. The molecule has 0 atom stereocenters. The van der Waals surface area contributed by atoms with E-state index in [1.165, 1.54) is 0 Å². The van der Waals surface area contributed by atoms with Crippen LogP contribution >= 0.6 is 0 Å². The van der Waals surface area contributed by atoms with Crippen LogP contribution in [0.25, 0.3) is 0 Å². The third-order valence-corrected chi connectivity index (χ3v) is 9.29. The highest BCUT2D eigenvalue weighted by Gasteiger charge is 2.22. The minimum atomic E-state index is -1.18. The zero-order valence-electron chi connectivity index (χ0n) is 28.2. The molecule has 0 heterocycles. The molecular formula is C36H60O6Si. The summed E-state index contributed by atoms with van der Waals surface area (Å²) in [7, 11) is -1.18. The lowest BCUT2D eigenvalue weighted by Crippen LogP contribution is -2.33. The van der Waals surface area contributed by atoms with Crippen LogP contribution in [-0.4, -0.2) is 49.2 Å². The van der Waals surface area contributed by atoms with Gasteiger partial charge in [0.15, 0.2) is 0 Å². The summed E-state index contributed by atoms with van der Waals surface area (Å²) in [5.74, 6) is 5.07. The first-order valence-corrected chi connectivity index (χ1v) is 18.6. The molecule has 0 aliphatic carbocycles. The van der Waals surface area contributed by atoms with Crippen molar-refractivity contribution in [2.45, 2.75) is 119 Å². The quantitative estimate of drug-likeness (QED) is 0.0792. The first kappa shape index (κ1) is 36.6. The van der Waals surface area contributed by atoms with Gasteiger partial charge < -0.3 is 28.4 Å². The van der Waals surface area contributed by atoms with Gasteiger partial charge in [0.25, 0.3) is 0 Å². The van der Waals surface area contributed by atoms with Crippen molar-refractivity contribution in [2.75, 3.05) is 39.6 Å². The first-order chi connectivity index (χ1) is 21.1. The van der Waals surface area contributed by atoms with Gasteiger partial charge in [-0.1, -0.05) is 80.1 Å². The fourth-order valence-electron chi connectivity index (χ4n) is 4.37. The van der Waals surface area contributed by atoms with E-state index in [1.807, 2.05) is 0 Å². The predicted molar refractivity (Wildman–Crippen MR) is 183 cm³/mol. The molecule has 0 amide bonds. The Hall–Kier alpha value is -2.54. The topological polar surface area (TPSA) is 55.4 Å². The number of unbranched alkanes of at least 4 members (excludes halogenated alkanes) is 6. The SMILES string of the molecule is CCCCOc1cc(OCCCC)c([SiH2]c2c(OCCCC)cc(OCCCC)cc2OCCCC)c(OCCCC)c1. The van der Waals surface area contributed by atoms with Crippen LogP contribution in [0, 0.1) is 0 Å². The maximum atomic E-state index is 6.48. The molecule has 43 heavy (non-hydrogen) atoms. The van der Waals surface area contributed by atoms with Crippen LogP contribution < -0.4 is 38.8 Å². The average Bonchev–Trinajstić information content (AvgIpc) is 3.00. The van der Waals surface area contributed by atoms with Gasteiger partial charge in [-0.05, 0) is 38.5 Å². The smallest absolute Gasteiger partial charge is 0.126 e. The standard InChI is InChI=1S/C36H60O6Si/c1-7-13-19-37-29-25-31(39-21-15-9-3)35(32(26-29)40-22-16-10-4)43-36-33(41-23-17-11-5)27-30(38-20-14-8-2)28-34(36)42-24-18-12-6/h25-28H,7-24,43H2,1-6H3. The Bertz CT molecular complexity index is 870. The van der Waals surface area contributed by atoms with E-state index >= 15 is 0 Å². The van der Waals surface area contributed by atoms with Gasteiger partial charge in [0.2, 0.25) is 0 Å². The molecule has 6 nitrogen and oxygen atoms in total. The highest BCUT2D eigenvalue weighted by Crippen LogP contribution is 2.30. The van der Waals surface area contributed by atoms with Crippen molar-refractivity contribution in [2.24, 2.45) is 0 Å². The largest absolute Gasteiger partial charge is 0.493 e. The van der Waals surface area contributed by atoms with E-state index in [0.29, 0.717) is 39.6 Å². The maximum Gasteiger partial charge on any atom is 0.126 e. The molecule has 244 valence electrons. The summed E-state index contributed by atoms with van der Waals surface area (Å²) in [5.41, 5.74) is 0. The van der Waals surface area contributed by atoms with Gasteiger partial charge in [0, 0.05) is 34.6 Å². The Morgan fingerprint density at radius 1 is 0.372 bits per heavy atom. The van der Waals surface area contributed by atoms with Crippen molar-refractivity contribution in [1.82, 2.24) is 0 Å². The van der Waals surface area contributed by atoms with Crippen molar-refractivity contribution >= 4 is 19.9 Å². The lowest BCUT2D eigenvalue weighted by Gasteiger charge is -2.22. The molecule has 0 aromatic heterocycles. The Balaban J connectivity index is 2.64. The summed E-state index contributed by atoms with van der Waals surface area (Å²) in [5, 5.41) is 2.27. The van der Waals surface area contributed by atoms with Crippen molar-refractivity contribution < 1.29 is 28.4 Å². The van der Waals surface area contributed by atoms with Crippen LogP contribution in [0.5, 0.6) is 34.5 Å². The molecule has 2 rings (SSSR count). The van der Waals surface area contributed by atoms with Crippen LogP contribution in [0.4, 0.5) is 0 Å². The molecule has 2 aromatic rings. The Kier molecular flexibility index (Phi) is 19.5. The summed E-state index contributed by atoms with van der Waals surface area (Å²) in [6.07, 6.45) is 12.5. The van der Waals surface area contributed by atoms with Crippen LogP contribution in [0.3, 0.4) is 0 Å². The van der Waals surface area contributed by atoms with E-state index in [9.17, 15) is 0 Å². The third kappa shape index (κ3) is 13.7. The Labute approximate surface area is 265 Å². The molecule has 7 heteroatoms. The molecule has 0 saturated carbocycles. The van der Waals surface area contributed by atoms with Crippen molar-refractivity contribution in [3.05, 3.63) is 24.3 Å². The second-order valence-electron chi connectivity index (χ2n) is 11.2. The zero-order chi connectivity index (χ0) is 31.1. The van der Waals surface area contributed by atoms with Gasteiger partial charge >= 0.3 is 0 Å². The summed E-state index contributed by atoms with van der Waals surface area (Å²) in [4.78, 5) is 0. The number of rotatable bonds is 26. The monoisotopic (exact) mass is 616 g/mol. The molecule has 0 N–H and O–H groups in total. The van der Waals surface area contributed by atoms with Crippen LogP contribution in [0.2, 0.25) is 0 Å². The second kappa shape index (κ2) is 22.9. The molecule has 0 saturated heterocycles. The number of benzene rings is 2. The van der Waals surface area contributed by atoms with Crippen LogP contribution in [-0.2, 0) is 0 Å². The third-order valence-electron chi connectivity index (χ3n) is 7.19. The van der Waals surface area contributed by atoms with Gasteiger partial charge in [-0.25, -0.2) is 0 Å². The highest BCUT2D eigenvalue weighted by molar-refractivity contribution is 6.70. The molecule has 0 radical (unpaired) electrons. The molecule has 0 unspecified atom stereocenters. The molecule has 0 bridgehead atoms. The van der Waals surface area contributed by atoms with Gasteiger partial charge in [0.1, 0.15) is 44.0 Å². The highest BCUT2D eigenvalue weighted by atomic mass is 28.2. The average molecular weight is 617 g/mol. The van der Waals surface area contributed by atoms with E-state index in [4.69, 9.17) is 28.4 Å². The predicted octanol–water partition coefficient (Wildman–Crippen LogP) is 7.88. The van der Waals surface area contributed by atoms with Crippen LogP contribution in [0.1, 0.15) is 119 Å². The van der Waals surface area contributed by atoms with Gasteiger partial charge in [-0.3, -0.25) is 0 Å². The van der Waals surface area contributed by atoms with Gasteiger partial charge in [0.05, 0.1) is 39.6 Å². The second-order valence-corrected chi connectivity index (χ2v) is 13.0. The Morgan fingerprint density at radius 3 is 0.837 bits per heavy atom. The lowest BCUT2D eigenvalue weighted by atomic mass is 10.2. The van der Waals surface area contributed by atoms with E-state index in [-0.39, 0.29) is 0 Å². The molecule has 0 aliphatic rings. The summed E-state index contributed by atoms with van der Waals surface area (Å²) >= 11 is 0. The van der Waals surface area contributed by atoms with Crippen molar-refractivity contribution in [1.29, 1.82) is 0 Å². The minimum absolute atomic E-state index is 0.661. The fraction of sp³-hybridized carbons (Fsp3) is 0.667. The Morgan fingerprint density at radius 2 is 0.605 bits per heavy atom. The lowest BCUT2D eigenvalue weighted by molar-refractivity contribution is 0.282. The molecular weight excluding hydrogens is 556 g/mol. The van der Waals surface area contributed by atoms with E-state index in [0.717, 1.165) is 122 Å². The molecule has 0 spiro atoms. The number of ether oxygens (including phenoxy) is 6. The normalized spacial score (nSPS) is 10.9. The summed E-state index contributed by atoms with van der Waals surface area (Å²) < 4.78 is 38.3. The fourth-order valence-corrected chi connectivity index (χ4v) is 6.24. The summed E-state index contributed by atoms with van der Waals surface area (Å²) in [6, 6.07) is 8.27. The first-order valence-electron chi connectivity index (χ1n) is 17.2. The minimum Gasteiger partial charge on any atom is -0.493 e. The van der Waals surface area contributed by atoms with E-state index in [1.54, 1.807) is 0 Å². The van der Waals surface area contributed by atoms with Gasteiger partial charge in [-0.2, -0.15) is 0 Å². The number of hydrogen-bond acceptors (Lipinski definition) is 6. The zero-order valence-corrected chi connectivity index (χ0v) is 29.6. The van der Waals surface area contributed by atoms with E-state index < -0.39 is 9.52 Å². The number of hydrogen-bond donors (Lipinski definition) is 0. The molecule has 2 aromatic carbocycles. The maximum absolute atomic E-state index is 6.48.